The van der Waals surface area contributed by atoms with E-state index in [1.54, 1.807) is 23.9 Å². The minimum Gasteiger partial charge on any atom is -0.230 e. The second kappa shape index (κ2) is 11.5. The van der Waals surface area contributed by atoms with Crippen molar-refractivity contribution in [3.05, 3.63) is 18.2 Å². The van der Waals surface area contributed by atoms with Crippen LogP contribution >= 0.6 is 33.8 Å². The third-order valence-electron chi connectivity index (χ3n) is 4.35. The van der Waals surface area contributed by atoms with Crippen molar-refractivity contribution >= 4 is 53.0 Å². The summed E-state index contributed by atoms with van der Waals surface area (Å²) in [7, 11) is 1.72. The number of thiazole rings is 1. The average Bonchev–Trinajstić information content (AvgIpc) is 3.01. The second-order valence-corrected chi connectivity index (χ2v) is 11.5. The van der Waals surface area contributed by atoms with Gasteiger partial charge in [0.25, 0.3) is 9.05 Å². The molecule has 0 unspecified atom stereocenters. The molecule has 0 atom stereocenters. The minimum atomic E-state index is -3.68. The van der Waals surface area contributed by atoms with Gasteiger partial charge in [-0.15, -0.1) is 11.3 Å². The van der Waals surface area contributed by atoms with Gasteiger partial charge in [0.15, 0.2) is 4.34 Å². The Morgan fingerprint density at radius 3 is 2.23 bits per heavy atom. The smallest absolute Gasteiger partial charge is 0.230 e. The van der Waals surface area contributed by atoms with E-state index >= 15 is 0 Å². The molecular weight excluding hydrogens is 406 g/mol. The third-order valence-corrected chi connectivity index (χ3v) is 7.94. The standard InChI is InChI=1S/C19H28ClNO2S3/c1-2-3-4-5-6-7-8-9-10-11-14-24-19-21-17-13-12-16(26(20,22)23)15-18(17)25-19/h12-13,15H,2-11,14H2,1H3. The summed E-state index contributed by atoms with van der Waals surface area (Å²) in [5, 5.41) is 0. The van der Waals surface area contributed by atoms with E-state index in [1.807, 2.05) is 0 Å². The van der Waals surface area contributed by atoms with E-state index in [2.05, 4.69) is 11.9 Å². The van der Waals surface area contributed by atoms with Crippen LogP contribution in [0.3, 0.4) is 0 Å². The van der Waals surface area contributed by atoms with E-state index in [4.69, 9.17) is 10.7 Å². The molecule has 0 amide bonds. The molecule has 0 radical (unpaired) electrons. The largest absolute Gasteiger partial charge is 0.261 e. The Morgan fingerprint density at radius 1 is 1.00 bits per heavy atom. The van der Waals surface area contributed by atoms with Gasteiger partial charge in [-0.05, 0) is 24.6 Å². The molecule has 0 saturated heterocycles. The number of rotatable bonds is 13. The summed E-state index contributed by atoms with van der Waals surface area (Å²) in [6, 6.07) is 4.85. The van der Waals surface area contributed by atoms with Crippen molar-refractivity contribution in [2.45, 2.75) is 80.4 Å². The van der Waals surface area contributed by atoms with Crippen LogP contribution < -0.4 is 0 Å². The lowest BCUT2D eigenvalue weighted by atomic mass is 10.1. The summed E-state index contributed by atoms with van der Waals surface area (Å²) < 4.78 is 24.7. The lowest BCUT2D eigenvalue weighted by molar-refractivity contribution is 0.563. The van der Waals surface area contributed by atoms with Crippen LogP contribution in [-0.4, -0.2) is 19.2 Å². The molecule has 0 aliphatic carbocycles. The van der Waals surface area contributed by atoms with Gasteiger partial charge in [-0.3, -0.25) is 0 Å². The van der Waals surface area contributed by atoms with Crippen molar-refractivity contribution in [2.24, 2.45) is 0 Å². The van der Waals surface area contributed by atoms with E-state index < -0.39 is 9.05 Å². The van der Waals surface area contributed by atoms with Crippen LogP contribution in [0, 0.1) is 0 Å². The maximum absolute atomic E-state index is 11.4. The molecule has 0 aliphatic rings. The minimum absolute atomic E-state index is 0.140. The maximum Gasteiger partial charge on any atom is 0.261 e. The Bertz CT molecular complexity index is 774. The van der Waals surface area contributed by atoms with E-state index in [1.165, 1.54) is 81.6 Å². The van der Waals surface area contributed by atoms with Gasteiger partial charge < -0.3 is 0 Å². The summed E-state index contributed by atoms with van der Waals surface area (Å²) in [5.41, 5.74) is 0.838. The highest BCUT2D eigenvalue weighted by molar-refractivity contribution is 8.13. The summed E-state index contributed by atoms with van der Waals surface area (Å²) >= 11 is 3.30. The number of benzene rings is 1. The van der Waals surface area contributed by atoms with Crippen LogP contribution in [0.4, 0.5) is 0 Å². The molecule has 0 spiro atoms. The molecule has 0 fully saturated rings. The van der Waals surface area contributed by atoms with Crippen molar-refractivity contribution in [2.75, 3.05) is 5.75 Å². The third kappa shape index (κ3) is 7.75. The monoisotopic (exact) mass is 433 g/mol. The molecule has 1 heterocycles. The first-order chi connectivity index (χ1) is 12.5. The van der Waals surface area contributed by atoms with E-state index in [0.717, 1.165) is 20.3 Å². The molecule has 1 aromatic heterocycles. The lowest BCUT2D eigenvalue weighted by Gasteiger charge is -2.01. The Balaban J connectivity index is 1.63. The number of aromatic nitrogens is 1. The molecule has 0 bridgehead atoms. The molecule has 0 N–H and O–H groups in total. The highest BCUT2D eigenvalue weighted by Gasteiger charge is 2.12. The van der Waals surface area contributed by atoms with Gasteiger partial charge in [-0.2, -0.15) is 0 Å². The van der Waals surface area contributed by atoms with Crippen molar-refractivity contribution in [3.63, 3.8) is 0 Å². The van der Waals surface area contributed by atoms with Crippen LogP contribution in [0.15, 0.2) is 27.4 Å². The Hall–Kier alpha value is -0.300. The SMILES string of the molecule is CCCCCCCCCCCCSc1nc2ccc(S(=O)(=O)Cl)cc2s1. The zero-order valence-corrected chi connectivity index (χ0v) is 18.6. The van der Waals surface area contributed by atoms with Crippen molar-refractivity contribution in [1.29, 1.82) is 0 Å². The first-order valence-electron chi connectivity index (χ1n) is 9.49. The van der Waals surface area contributed by atoms with Gasteiger partial charge >= 0.3 is 0 Å². The predicted molar refractivity (Wildman–Crippen MR) is 115 cm³/mol. The molecule has 3 nitrogen and oxygen atoms in total. The summed E-state index contributed by atoms with van der Waals surface area (Å²) in [5.74, 6) is 1.07. The number of unbranched alkanes of at least 4 members (excludes halogenated alkanes) is 9. The number of thioether (sulfide) groups is 1. The zero-order chi connectivity index (χ0) is 18.8. The number of fused-ring (bicyclic) bond motifs is 1. The number of hydrogen-bond acceptors (Lipinski definition) is 5. The van der Waals surface area contributed by atoms with Crippen LogP contribution in [-0.2, 0) is 9.05 Å². The quantitative estimate of drug-likeness (QED) is 0.190. The number of halogens is 1. The van der Waals surface area contributed by atoms with Gasteiger partial charge in [0, 0.05) is 16.4 Å². The van der Waals surface area contributed by atoms with Gasteiger partial charge in [0.1, 0.15) is 0 Å². The lowest BCUT2D eigenvalue weighted by Crippen LogP contribution is -1.88. The number of hydrogen-bond donors (Lipinski definition) is 0. The summed E-state index contributed by atoms with van der Waals surface area (Å²) in [6.45, 7) is 2.26. The zero-order valence-electron chi connectivity index (χ0n) is 15.4. The molecule has 2 rings (SSSR count). The first kappa shape index (κ1) is 22.0. The molecule has 0 aliphatic heterocycles. The summed E-state index contributed by atoms with van der Waals surface area (Å²) in [4.78, 5) is 4.70. The van der Waals surface area contributed by atoms with Crippen molar-refractivity contribution in [1.82, 2.24) is 4.98 Å². The molecule has 1 aromatic carbocycles. The maximum atomic E-state index is 11.4. The number of nitrogens with zero attached hydrogens (tertiary/aromatic N) is 1. The van der Waals surface area contributed by atoms with Crippen molar-refractivity contribution in [3.8, 4) is 0 Å². The molecule has 146 valence electrons. The Kier molecular flexibility index (Phi) is 9.75. The van der Waals surface area contributed by atoms with Crippen LogP contribution in [0.1, 0.15) is 71.1 Å². The van der Waals surface area contributed by atoms with Gasteiger partial charge in [-0.1, -0.05) is 76.5 Å². The van der Waals surface area contributed by atoms with Crippen LogP contribution in [0.5, 0.6) is 0 Å². The Morgan fingerprint density at radius 2 is 1.62 bits per heavy atom. The molecule has 7 heteroatoms. The topological polar surface area (TPSA) is 47.0 Å². The van der Waals surface area contributed by atoms with Crippen LogP contribution in [0.2, 0.25) is 0 Å². The van der Waals surface area contributed by atoms with Crippen molar-refractivity contribution < 1.29 is 8.42 Å². The summed E-state index contributed by atoms with van der Waals surface area (Å²) in [6.07, 6.45) is 13.4. The van der Waals surface area contributed by atoms with E-state index in [-0.39, 0.29) is 4.90 Å². The average molecular weight is 434 g/mol. The van der Waals surface area contributed by atoms with E-state index in [9.17, 15) is 8.42 Å². The fraction of sp³-hybridized carbons (Fsp3) is 0.632. The predicted octanol–water partition coefficient (Wildman–Crippen LogP) is 7.24. The van der Waals surface area contributed by atoms with Gasteiger partial charge in [0.05, 0.1) is 15.1 Å². The fourth-order valence-corrected chi connectivity index (χ4v) is 5.88. The highest BCUT2D eigenvalue weighted by atomic mass is 35.7. The fourth-order valence-electron chi connectivity index (χ4n) is 2.85. The molecule has 26 heavy (non-hydrogen) atoms. The second-order valence-electron chi connectivity index (χ2n) is 6.58. The normalized spacial score (nSPS) is 12.1. The van der Waals surface area contributed by atoms with E-state index in [0.29, 0.717) is 0 Å². The van der Waals surface area contributed by atoms with Crippen LogP contribution in [0.25, 0.3) is 10.2 Å². The highest BCUT2D eigenvalue weighted by Crippen LogP contribution is 2.32. The van der Waals surface area contributed by atoms with Gasteiger partial charge in [-0.25, -0.2) is 13.4 Å². The Labute approximate surface area is 170 Å². The molecule has 0 saturated carbocycles. The van der Waals surface area contributed by atoms with Gasteiger partial charge in [0.2, 0.25) is 0 Å². The molecular formula is C19H28ClNO2S3. The first-order valence-corrected chi connectivity index (χ1v) is 13.6. The molecule has 2 aromatic rings.